The third-order valence-electron chi connectivity index (χ3n) is 3.68. The maximum atomic E-state index is 11.2. The molecule has 2 unspecified atom stereocenters. The highest BCUT2D eigenvalue weighted by Crippen LogP contribution is 2.26. The van der Waals surface area contributed by atoms with Gasteiger partial charge in [0.1, 0.15) is 6.04 Å². The lowest BCUT2D eigenvalue weighted by molar-refractivity contribution is -0.145. The number of likely N-dealkylation sites (tertiary alicyclic amines) is 1. The van der Waals surface area contributed by atoms with Crippen molar-refractivity contribution < 1.29 is 9.90 Å². The van der Waals surface area contributed by atoms with Crippen LogP contribution in [0.4, 0.5) is 0 Å². The molecule has 2 atom stereocenters. The normalized spacial score (nSPS) is 27.2. The Labute approximate surface area is 98.8 Å². The van der Waals surface area contributed by atoms with Gasteiger partial charge in [-0.25, -0.2) is 0 Å². The van der Waals surface area contributed by atoms with Crippen molar-refractivity contribution in [2.24, 2.45) is 11.8 Å². The summed E-state index contributed by atoms with van der Waals surface area (Å²) in [7, 11) is 0. The van der Waals surface area contributed by atoms with E-state index >= 15 is 0 Å². The fraction of sp³-hybridized carbons (Fsp3) is 0.923. The molecule has 16 heavy (non-hydrogen) atoms. The summed E-state index contributed by atoms with van der Waals surface area (Å²) in [5.41, 5.74) is 0. The quantitative estimate of drug-likeness (QED) is 0.785. The van der Waals surface area contributed by atoms with Crippen LogP contribution in [0.5, 0.6) is 0 Å². The average molecular weight is 227 g/mol. The van der Waals surface area contributed by atoms with Gasteiger partial charge in [0.2, 0.25) is 0 Å². The van der Waals surface area contributed by atoms with Crippen molar-refractivity contribution in [1.82, 2.24) is 4.90 Å². The minimum absolute atomic E-state index is 0.238. The van der Waals surface area contributed by atoms with Gasteiger partial charge in [0.05, 0.1) is 0 Å². The number of rotatable bonds is 5. The fourth-order valence-electron chi connectivity index (χ4n) is 2.41. The van der Waals surface area contributed by atoms with Crippen LogP contribution in [0.25, 0.3) is 0 Å². The molecule has 3 heteroatoms. The third kappa shape index (κ3) is 3.78. The van der Waals surface area contributed by atoms with E-state index in [9.17, 15) is 9.90 Å². The molecular weight excluding hydrogens is 202 g/mol. The Balaban J connectivity index is 2.51. The van der Waals surface area contributed by atoms with Crippen LogP contribution in [0.15, 0.2) is 0 Å². The molecule has 3 nitrogen and oxygen atoms in total. The number of carbonyl (C=O) groups is 1. The summed E-state index contributed by atoms with van der Waals surface area (Å²) in [5, 5.41) is 9.25. The number of hydrogen-bond donors (Lipinski definition) is 1. The Morgan fingerprint density at radius 2 is 2.19 bits per heavy atom. The zero-order valence-electron chi connectivity index (χ0n) is 10.8. The van der Waals surface area contributed by atoms with Gasteiger partial charge in [0.15, 0.2) is 0 Å². The SMILES string of the molecule is CCC1CCN(CCC(C)C)C(C(=O)O)C1. The summed E-state index contributed by atoms with van der Waals surface area (Å²) in [6.07, 6.45) is 4.21. The maximum absolute atomic E-state index is 11.2. The predicted molar refractivity (Wildman–Crippen MR) is 65.5 cm³/mol. The van der Waals surface area contributed by atoms with Crippen LogP contribution in [0, 0.1) is 11.8 Å². The van der Waals surface area contributed by atoms with Gasteiger partial charge < -0.3 is 5.11 Å². The second kappa shape index (κ2) is 6.24. The molecule has 0 bridgehead atoms. The molecule has 0 aromatic heterocycles. The van der Waals surface area contributed by atoms with E-state index in [0.29, 0.717) is 11.8 Å². The maximum Gasteiger partial charge on any atom is 0.320 e. The minimum Gasteiger partial charge on any atom is -0.480 e. The van der Waals surface area contributed by atoms with Crippen LogP contribution >= 0.6 is 0 Å². The van der Waals surface area contributed by atoms with E-state index in [1.165, 1.54) is 6.42 Å². The van der Waals surface area contributed by atoms with E-state index in [-0.39, 0.29) is 6.04 Å². The van der Waals surface area contributed by atoms with Crippen molar-refractivity contribution >= 4 is 5.97 Å². The number of aliphatic carboxylic acids is 1. The van der Waals surface area contributed by atoms with Gasteiger partial charge in [0, 0.05) is 0 Å². The lowest BCUT2D eigenvalue weighted by Gasteiger charge is -2.37. The molecule has 1 N–H and O–H groups in total. The molecule has 0 spiro atoms. The van der Waals surface area contributed by atoms with Crippen LogP contribution in [0.1, 0.15) is 46.5 Å². The smallest absolute Gasteiger partial charge is 0.320 e. The number of piperidine rings is 1. The topological polar surface area (TPSA) is 40.5 Å². The van der Waals surface area contributed by atoms with Gasteiger partial charge in [-0.15, -0.1) is 0 Å². The highest BCUT2D eigenvalue weighted by atomic mass is 16.4. The Morgan fingerprint density at radius 3 is 2.69 bits per heavy atom. The number of carboxylic acids is 1. The molecule has 94 valence electrons. The minimum atomic E-state index is -0.637. The molecule has 0 aromatic carbocycles. The molecule has 1 aliphatic rings. The summed E-state index contributed by atoms with van der Waals surface area (Å²) in [6, 6.07) is -0.238. The summed E-state index contributed by atoms with van der Waals surface area (Å²) in [6.45, 7) is 8.43. The summed E-state index contributed by atoms with van der Waals surface area (Å²) >= 11 is 0. The van der Waals surface area contributed by atoms with Gasteiger partial charge in [-0.1, -0.05) is 27.2 Å². The second-order valence-electron chi connectivity index (χ2n) is 5.37. The van der Waals surface area contributed by atoms with E-state index in [1.54, 1.807) is 0 Å². The van der Waals surface area contributed by atoms with Crippen molar-refractivity contribution in [3.63, 3.8) is 0 Å². The number of nitrogens with zero attached hydrogens (tertiary/aromatic N) is 1. The molecule has 0 radical (unpaired) electrons. The molecular formula is C13H25NO2. The van der Waals surface area contributed by atoms with Crippen molar-refractivity contribution in [1.29, 1.82) is 0 Å². The first-order chi connectivity index (χ1) is 7.54. The van der Waals surface area contributed by atoms with Crippen LogP contribution in [-0.4, -0.2) is 35.1 Å². The predicted octanol–water partition coefficient (Wildman–Crippen LogP) is 2.61. The molecule has 0 amide bonds. The van der Waals surface area contributed by atoms with Crippen molar-refractivity contribution in [3.8, 4) is 0 Å². The van der Waals surface area contributed by atoms with Crippen molar-refractivity contribution in [2.75, 3.05) is 13.1 Å². The van der Waals surface area contributed by atoms with Gasteiger partial charge in [-0.2, -0.15) is 0 Å². The zero-order valence-corrected chi connectivity index (χ0v) is 10.8. The first kappa shape index (κ1) is 13.5. The highest BCUT2D eigenvalue weighted by molar-refractivity contribution is 5.73. The van der Waals surface area contributed by atoms with E-state index in [4.69, 9.17) is 0 Å². The van der Waals surface area contributed by atoms with E-state index in [2.05, 4.69) is 25.7 Å². The lowest BCUT2D eigenvalue weighted by atomic mass is 9.88. The van der Waals surface area contributed by atoms with Gasteiger partial charge in [-0.3, -0.25) is 9.69 Å². The standard InChI is InChI=1S/C13H25NO2/c1-4-11-6-8-14(7-5-10(2)3)12(9-11)13(15)16/h10-12H,4-9H2,1-3H3,(H,15,16). The van der Waals surface area contributed by atoms with Gasteiger partial charge in [-0.05, 0) is 44.2 Å². The van der Waals surface area contributed by atoms with E-state index < -0.39 is 5.97 Å². The van der Waals surface area contributed by atoms with Gasteiger partial charge in [0.25, 0.3) is 0 Å². The number of hydrogen-bond acceptors (Lipinski definition) is 2. The summed E-state index contributed by atoms with van der Waals surface area (Å²) < 4.78 is 0. The Kier molecular flexibility index (Phi) is 5.26. The molecule has 1 fully saturated rings. The fourth-order valence-corrected chi connectivity index (χ4v) is 2.41. The first-order valence-electron chi connectivity index (χ1n) is 6.51. The zero-order chi connectivity index (χ0) is 12.1. The largest absolute Gasteiger partial charge is 0.480 e. The molecule has 0 aromatic rings. The van der Waals surface area contributed by atoms with Crippen LogP contribution < -0.4 is 0 Å². The molecule has 1 rings (SSSR count). The summed E-state index contributed by atoms with van der Waals surface area (Å²) in [5.74, 6) is 0.622. The third-order valence-corrected chi connectivity index (χ3v) is 3.68. The van der Waals surface area contributed by atoms with Crippen molar-refractivity contribution in [3.05, 3.63) is 0 Å². The molecule has 1 heterocycles. The average Bonchev–Trinajstić information content (AvgIpc) is 2.25. The van der Waals surface area contributed by atoms with Crippen LogP contribution in [0.3, 0.4) is 0 Å². The Morgan fingerprint density at radius 1 is 1.50 bits per heavy atom. The van der Waals surface area contributed by atoms with Crippen LogP contribution in [0.2, 0.25) is 0 Å². The van der Waals surface area contributed by atoms with E-state index in [1.807, 2.05) is 0 Å². The monoisotopic (exact) mass is 227 g/mol. The first-order valence-corrected chi connectivity index (χ1v) is 6.51. The highest BCUT2D eigenvalue weighted by Gasteiger charge is 2.32. The molecule has 0 saturated carbocycles. The Hall–Kier alpha value is -0.570. The number of carboxylic acid groups (broad SMARTS) is 1. The summed E-state index contributed by atoms with van der Waals surface area (Å²) in [4.78, 5) is 13.4. The van der Waals surface area contributed by atoms with Gasteiger partial charge >= 0.3 is 5.97 Å². The lowest BCUT2D eigenvalue weighted by Crippen LogP contribution is -2.47. The van der Waals surface area contributed by atoms with E-state index in [0.717, 1.165) is 32.4 Å². The second-order valence-corrected chi connectivity index (χ2v) is 5.37. The van der Waals surface area contributed by atoms with Crippen LogP contribution in [-0.2, 0) is 4.79 Å². The molecule has 1 aliphatic heterocycles. The Bertz CT molecular complexity index is 228. The molecule has 0 aliphatic carbocycles. The molecule has 1 saturated heterocycles. The van der Waals surface area contributed by atoms with Crippen molar-refractivity contribution in [2.45, 2.75) is 52.5 Å².